The van der Waals surface area contributed by atoms with Gasteiger partial charge in [0, 0.05) is 5.69 Å². The maximum Gasteiger partial charge on any atom is 0.213 e. The number of hydrogen-bond donors (Lipinski definition) is 1. The highest BCUT2D eigenvalue weighted by molar-refractivity contribution is 5.46. The number of nitrogens with zero attached hydrogens (tertiary/aromatic N) is 1. The van der Waals surface area contributed by atoms with Crippen LogP contribution in [-0.4, -0.2) is 12.1 Å². The lowest BCUT2D eigenvalue weighted by atomic mass is 10.3. The Balaban J connectivity index is 1.97. The Morgan fingerprint density at radius 2 is 1.94 bits per heavy atom. The molecule has 0 atom stereocenters. The monoisotopic (exact) mass is 232 g/mol. The number of benzene rings is 1. The highest BCUT2D eigenvalue weighted by atomic mass is 16.5. The number of hydrogen-bond acceptors (Lipinski definition) is 4. The molecule has 4 nitrogen and oxygen atoms in total. The first-order valence-electron chi connectivity index (χ1n) is 5.50. The summed E-state index contributed by atoms with van der Waals surface area (Å²) >= 11 is 0. The topological polar surface area (TPSA) is 47.3 Å². The largest absolute Gasteiger partial charge is 0.497 e. The van der Waals surface area contributed by atoms with Gasteiger partial charge in [0.15, 0.2) is 0 Å². The maximum absolute atomic E-state index is 5.48. The summed E-state index contributed by atoms with van der Waals surface area (Å²) in [5.74, 6) is 2.42. The lowest BCUT2D eigenvalue weighted by Crippen LogP contribution is -1.99. The molecule has 0 fully saturated rings. The number of ether oxygens (including phenoxy) is 1. The number of oxazole rings is 1. The van der Waals surface area contributed by atoms with Crippen LogP contribution in [0, 0.1) is 13.8 Å². The van der Waals surface area contributed by atoms with E-state index in [9.17, 15) is 0 Å². The molecule has 0 spiro atoms. The van der Waals surface area contributed by atoms with E-state index in [1.54, 1.807) is 7.11 Å². The van der Waals surface area contributed by atoms with Crippen LogP contribution in [0.25, 0.3) is 0 Å². The van der Waals surface area contributed by atoms with Crippen LogP contribution in [0.4, 0.5) is 5.69 Å². The van der Waals surface area contributed by atoms with Crippen molar-refractivity contribution in [3.05, 3.63) is 41.6 Å². The van der Waals surface area contributed by atoms with Crippen molar-refractivity contribution < 1.29 is 9.15 Å². The minimum Gasteiger partial charge on any atom is -0.497 e. The summed E-state index contributed by atoms with van der Waals surface area (Å²) in [5.41, 5.74) is 1.95. The number of anilines is 1. The molecule has 4 heteroatoms. The number of aryl methyl sites for hydroxylation is 2. The number of methoxy groups -OCH3 is 1. The molecule has 0 aliphatic heterocycles. The zero-order valence-electron chi connectivity index (χ0n) is 10.3. The van der Waals surface area contributed by atoms with Gasteiger partial charge in [-0.3, -0.25) is 0 Å². The van der Waals surface area contributed by atoms with Gasteiger partial charge >= 0.3 is 0 Å². The minimum absolute atomic E-state index is 0.584. The van der Waals surface area contributed by atoms with E-state index in [1.807, 2.05) is 38.1 Å². The minimum atomic E-state index is 0.584. The summed E-state index contributed by atoms with van der Waals surface area (Å²) in [4.78, 5) is 4.31. The molecule has 1 aromatic heterocycles. The van der Waals surface area contributed by atoms with E-state index in [0.717, 1.165) is 22.9 Å². The van der Waals surface area contributed by atoms with Crippen molar-refractivity contribution in [3.63, 3.8) is 0 Å². The molecule has 0 amide bonds. The van der Waals surface area contributed by atoms with E-state index in [2.05, 4.69) is 10.3 Å². The molecule has 2 aromatic rings. The third-order valence-electron chi connectivity index (χ3n) is 2.61. The molecule has 0 aliphatic carbocycles. The molecular formula is C13H16N2O2. The molecule has 1 heterocycles. The quantitative estimate of drug-likeness (QED) is 0.880. The van der Waals surface area contributed by atoms with Gasteiger partial charge in [-0.05, 0) is 38.1 Å². The summed E-state index contributed by atoms with van der Waals surface area (Å²) in [6.07, 6.45) is 0. The molecule has 0 radical (unpaired) electrons. The Kier molecular flexibility index (Phi) is 3.32. The highest BCUT2D eigenvalue weighted by Crippen LogP contribution is 2.16. The summed E-state index contributed by atoms with van der Waals surface area (Å²) in [6.45, 7) is 4.44. The van der Waals surface area contributed by atoms with Gasteiger partial charge in [-0.2, -0.15) is 0 Å². The van der Waals surface area contributed by atoms with Crippen molar-refractivity contribution in [3.8, 4) is 5.75 Å². The molecule has 90 valence electrons. The van der Waals surface area contributed by atoms with Crippen molar-refractivity contribution in [2.24, 2.45) is 0 Å². The first-order valence-corrected chi connectivity index (χ1v) is 5.50. The SMILES string of the molecule is COc1ccc(NCc2nc(C)c(C)o2)cc1. The molecule has 0 saturated carbocycles. The summed E-state index contributed by atoms with van der Waals surface area (Å²) in [5, 5.41) is 3.24. The summed E-state index contributed by atoms with van der Waals surface area (Å²) in [7, 11) is 1.65. The van der Waals surface area contributed by atoms with Crippen LogP contribution >= 0.6 is 0 Å². The fourth-order valence-electron chi connectivity index (χ4n) is 1.50. The van der Waals surface area contributed by atoms with Gasteiger partial charge in [0.25, 0.3) is 0 Å². The number of nitrogens with one attached hydrogen (secondary N) is 1. The zero-order chi connectivity index (χ0) is 12.3. The van der Waals surface area contributed by atoms with Crippen molar-refractivity contribution in [2.45, 2.75) is 20.4 Å². The van der Waals surface area contributed by atoms with Crippen LogP contribution in [0.1, 0.15) is 17.3 Å². The Morgan fingerprint density at radius 3 is 2.47 bits per heavy atom. The molecule has 0 unspecified atom stereocenters. The summed E-state index contributed by atoms with van der Waals surface area (Å²) < 4.78 is 10.6. The average molecular weight is 232 g/mol. The molecule has 0 aliphatic rings. The molecule has 1 aromatic carbocycles. The van der Waals surface area contributed by atoms with E-state index in [4.69, 9.17) is 9.15 Å². The third-order valence-corrected chi connectivity index (χ3v) is 2.61. The van der Waals surface area contributed by atoms with Gasteiger partial charge in [-0.15, -0.1) is 0 Å². The van der Waals surface area contributed by atoms with Crippen molar-refractivity contribution in [2.75, 3.05) is 12.4 Å². The van der Waals surface area contributed by atoms with Crippen LogP contribution in [0.5, 0.6) is 5.75 Å². The second-order valence-corrected chi connectivity index (χ2v) is 3.83. The molecule has 17 heavy (non-hydrogen) atoms. The van der Waals surface area contributed by atoms with Crippen molar-refractivity contribution >= 4 is 5.69 Å². The molecular weight excluding hydrogens is 216 g/mol. The maximum atomic E-state index is 5.48. The van der Waals surface area contributed by atoms with Gasteiger partial charge in [-0.25, -0.2) is 4.98 Å². The number of aromatic nitrogens is 1. The van der Waals surface area contributed by atoms with Gasteiger partial charge < -0.3 is 14.5 Å². The second kappa shape index (κ2) is 4.91. The fraction of sp³-hybridized carbons (Fsp3) is 0.308. The Labute approximate surface area is 101 Å². The highest BCUT2D eigenvalue weighted by Gasteiger charge is 2.04. The van der Waals surface area contributed by atoms with E-state index in [0.29, 0.717) is 12.4 Å². The third kappa shape index (κ3) is 2.78. The number of rotatable bonds is 4. The van der Waals surface area contributed by atoms with Crippen LogP contribution < -0.4 is 10.1 Å². The zero-order valence-corrected chi connectivity index (χ0v) is 10.3. The van der Waals surface area contributed by atoms with Gasteiger partial charge in [-0.1, -0.05) is 0 Å². The van der Waals surface area contributed by atoms with Gasteiger partial charge in [0.1, 0.15) is 11.5 Å². The second-order valence-electron chi connectivity index (χ2n) is 3.83. The van der Waals surface area contributed by atoms with Gasteiger partial charge in [0.05, 0.1) is 19.3 Å². The lowest BCUT2D eigenvalue weighted by molar-refractivity contribution is 0.415. The fourth-order valence-corrected chi connectivity index (χ4v) is 1.50. The normalized spacial score (nSPS) is 10.3. The Morgan fingerprint density at radius 1 is 1.24 bits per heavy atom. The molecule has 2 rings (SSSR count). The van der Waals surface area contributed by atoms with E-state index in [1.165, 1.54) is 0 Å². The van der Waals surface area contributed by atoms with Crippen LogP contribution in [0.3, 0.4) is 0 Å². The van der Waals surface area contributed by atoms with Crippen molar-refractivity contribution in [1.82, 2.24) is 4.98 Å². The van der Waals surface area contributed by atoms with E-state index < -0.39 is 0 Å². The smallest absolute Gasteiger partial charge is 0.213 e. The van der Waals surface area contributed by atoms with Crippen LogP contribution in [0.15, 0.2) is 28.7 Å². The lowest BCUT2D eigenvalue weighted by Gasteiger charge is -2.04. The Hall–Kier alpha value is -1.97. The van der Waals surface area contributed by atoms with Crippen molar-refractivity contribution in [1.29, 1.82) is 0 Å². The van der Waals surface area contributed by atoms with Gasteiger partial charge in [0.2, 0.25) is 5.89 Å². The molecule has 0 saturated heterocycles. The van der Waals surface area contributed by atoms with E-state index in [-0.39, 0.29) is 0 Å². The predicted octanol–water partition coefficient (Wildman–Crippen LogP) is 2.91. The Bertz CT molecular complexity index is 469. The summed E-state index contributed by atoms with van der Waals surface area (Å²) in [6, 6.07) is 7.74. The average Bonchev–Trinajstić information content (AvgIpc) is 2.67. The first kappa shape index (κ1) is 11.5. The predicted molar refractivity (Wildman–Crippen MR) is 66.3 cm³/mol. The molecule has 0 bridgehead atoms. The molecule has 1 N–H and O–H groups in total. The first-order chi connectivity index (χ1) is 8.19. The standard InChI is InChI=1S/C13H16N2O2/c1-9-10(2)17-13(15-9)8-14-11-4-6-12(16-3)7-5-11/h4-7,14H,8H2,1-3H3. The van der Waals surface area contributed by atoms with Crippen LogP contribution in [0.2, 0.25) is 0 Å². The van der Waals surface area contributed by atoms with E-state index >= 15 is 0 Å². The van der Waals surface area contributed by atoms with Crippen LogP contribution in [-0.2, 0) is 6.54 Å².